The van der Waals surface area contributed by atoms with Crippen molar-refractivity contribution in [2.45, 2.75) is 63.3 Å². The molecule has 4 aromatic rings. The molecular formula is C35H36ClN5O5. The Bertz CT molecular complexity index is 1840. The first-order valence-electron chi connectivity index (χ1n) is 15.6. The van der Waals surface area contributed by atoms with Crippen molar-refractivity contribution in [3.8, 4) is 17.3 Å². The Kier molecular flexibility index (Phi) is 8.82. The summed E-state index contributed by atoms with van der Waals surface area (Å²) in [4.78, 5) is 47.3. The number of anilines is 1. The zero-order valence-corrected chi connectivity index (χ0v) is 26.6. The first-order valence-corrected chi connectivity index (χ1v) is 16.0. The van der Waals surface area contributed by atoms with E-state index in [9.17, 15) is 14.4 Å². The number of carboxylic acid groups (broad SMARTS) is 1. The second-order valence-corrected chi connectivity index (χ2v) is 12.4. The van der Waals surface area contributed by atoms with Crippen molar-refractivity contribution >= 4 is 52.2 Å². The summed E-state index contributed by atoms with van der Waals surface area (Å²) in [5.74, 6) is -0.932. The van der Waals surface area contributed by atoms with Gasteiger partial charge in [0.05, 0.1) is 23.0 Å². The van der Waals surface area contributed by atoms with Gasteiger partial charge in [0.15, 0.2) is 0 Å². The smallest absolute Gasteiger partial charge is 0.328 e. The van der Waals surface area contributed by atoms with Crippen molar-refractivity contribution in [1.29, 1.82) is 0 Å². The molecule has 0 bridgehead atoms. The third kappa shape index (κ3) is 6.09. The predicted molar refractivity (Wildman–Crippen MR) is 177 cm³/mol. The lowest BCUT2D eigenvalue weighted by Gasteiger charge is -2.40. The van der Waals surface area contributed by atoms with E-state index < -0.39 is 11.5 Å². The van der Waals surface area contributed by atoms with Crippen molar-refractivity contribution in [1.82, 2.24) is 19.9 Å². The SMILES string of the molecule is CCOc1nc(NC(=O)C2(NC(=O)c3ccc4c(C5CCCC5)c(-c5ccc(Cl)cn5)n(C)c4c3)CCC2)ccc1/C=C/C(=O)O. The summed E-state index contributed by atoms with van der Waals surface area (Å²) < 4.78 is 7.68. The molecule has 2 aliphatic rings. The van der Waals surface area contributed by atoms with E-state index in [-0.39, 0.29) is 23.5 Å². The number of hydrogen-bond donors (Lipinski definition) is 3. The first kappa shape index (κ1) is 31.3. The zero-order chi connectivity index (χ0) is 32.4. The minimum Gasteiger partial charge on any atom is -0.478 e. The Morgan fingerprint density at radius 2 is 1.89 bits per heavy atom. The molecule has 0 atom stereocenters. The van der Waals surface area contributed by atoms with Crippen LogP contribution in [-0.4, -0.2) is 49.6 Å². The van der Waals surface area contributed by atoms with Gasteiger partial charge in [0, 0.05) is 41.4 Å². The molecule has 6 rings (SSSR count). The summed E-state index contributed by atoms with van der Waals surface area (Å²) in [6.45, 7) is 2.10. The lowest BCUT2D eigenvalue weighted by Crippen LogP contribution is -2.61. The van der Waals surface area contributed by atoms with E-state index in [0.29, 0.717) is 41.5 Å². The Morgan fingerprint density at radius 1 is 1.11 bits per heavy atom. The highest BCUT2D eigenvalue weighted by Crippen LogP contribution is 2.44. The summed E-state index contributed by atoms with van der Waals surface area (Å²) >= 11 is 6.15. The number of ether oxygens (including phenoxy) is 1. The molecule has 0 aliphatic heterocycles. The minimum atomic E-state index is -1.10. The highest BCUT2D eigenvalue weighted by molar-refractivity contribution is 6.30. The second kappa shape index (κ2) is 13.0. The molecule has 11 heteroatoms. The van der Waals surface area contributed by atoms with Crippen LogP contribution in [0.25, 0.3) is 28.4 Å². The molecule has 2 fully saturated rings. The van der Waals surface area contributed by atoms with E-state index in [2.05, 4.69) is 25.2 Å². The van der Waals surface area contributed by atoms with E-state index in [1.807, 2.05) is 37.4 Å². The number of nitrogens with zero attached hydrogens (tertiary/aromatic N) is 3. The molecule has 2 aliphatic carbocycles. The topological polar surface area (TPSA) is 135 Å². The third-order valence-corrected chi connectivity index (χ3v) is 9.27. The van der Waals surface area contributed by atoms with Gasteiger partial charge in [-0.2, -0.15) is 4.98 Å². The number of carboxylic acids is 1. The Labute approximate surface area is 271 Å². The van der Waals surface area contributed by atoms with E-state index in [4.69, 9.17) is 21.4 Å². The molecule has 1 aromatic carbocycles. The lowest BCUT2D eigenvalue weighted by molar-refractivity contribution is -0.131. The van der Waals surface area contributed by atoms with Gasteiger partial charge in [-0.3, -0.25) is 14.6 Å². The number of amides is 2. The maximum Gasteiger partial charge on any atom is 0.328 e. The maximum absolute atomic E-state index is 13.7. The number of rotatable bonds is 10. The van der Waals surface area contributed by atoms with Crippen LogP contribution < -0.4 is 15.4 Å². The van der Waals surface area contributed by atoms with Crippen LogP contribution in [0.15, 0.2) is 54.7 Å². The Hall–Kier alpha value is -4.70. The Morgan fingerprint density at radius 3 is 2.54 bits per heavy atom. The molecule has 2 saturated carbocycles. The molecule has 0 spiro atoms. The van der Waals surface area contributed by atoms with Crippen molar-refractivity contribution < 1.29 is 24.2 Å². The number of carbonyl (C=O) groups excluding carboxylic acids is 2. The fraction of sp³-hybridized carbons (Fsp3) is 0.343. The van der Waals surface area contributed by atoms with Gasteiger partial charge in [-0.1, -0.05) is 30.5 Å². The molecule has 0 unspecified atom stereocenters. The molecule has 2 amide bonds. The standard InChI is InChI=1S/C35H36ClN5O5/c1-3-46-33-22(11-16-29(42)43)10-15-28(38-33)39-34(45)35(17-6-18-35)40-32(44)23-9-13-25-27(19-23)41(2)31(26-14-12-24(36)20-37-26)30(25)21-7-4-5-8-21/h9-16,19-21H,3-8,17-18H2,1-2H3,(H,40,44)(H,42,43)(H,38,39,45)/b16-11+. The third-order valence-electron chi connectivity index (χ3n) is 9.05. The summed E-state index contributed by atoms with van der Waals surface area (Å²) in [5.41, 5.74) is 3.92. The summed E-state index contributed by atoms with van der Waals surface area (Å²) in [6, 6.07) is 12.7. The van der Waals surface area contributed by atoms with Gasteiger partial charge >= 0.3 is 5.97 Å². The molecule has 3 heterocycles. The fourth-order valence-electron chi connectivity index (χ4n) is 6.59. The molecule has 10 nitrogen and oxygen atoms in total. The van der Waals surface area contributed by atoms with E-state index in [0.717, 1.165) is 47.6 Å². The molecule has 0 radical (unpaired) electrons. The van der Waals surface area contributed by atoms with Gasteiger partial charge in [-0.25, -0.2) is 4.79 Å². The molecule has 46 heavy (non-hydrogen) atoms. The first-order chi connectivity index (χ1) is 22.2. The van der Waals surface area contributed by atoms with Gasteiger partial charge in [0.1, 0.15) is 11.4 Å². The van der Waals surface area contributed by atoms with Crippen LogP contribution in [0.3, 0.4) is 0 Å². The van der Waals surface area contributed by atoms with Crippen molar-refractivity contribution in [2.75, 3.05) is 11.9 Å². The average molecular weight is 642 g/mol. The number of halogens is 1. The second-order valence-electron chi connectivity index (χ2n) is 11.9. The number of fused-ring (bicyclic) bond motifs is 1. The number of carbonyl (C=O) groups is 3. The number of benzene rings is 1. The number of aryl methyl sites for hydroxylation is 1. The van der Waals surface area contributed by atoms with Crippen molar-refractivity contribution in [3.63, 3.8) is 0 Å². The lowest BCUT2D eigenvalue weighted by atomic mass is 9.75. The minimum absolute atomic E-state index is 0.200. The van der Waals surface area contributed by atoms with Crippen molar-refractivity contribution in [2.24, 2.45) is 7.05 Å². The van der Waals surface area contributed by atoms with Crippen LogP contribution in [0, 0.1) is 0 Å². The zero-order valence-electron chi connectivity index (χ0n) is 25.8. The van der Waals surface area contributed by atoms with Gasteiger partial charge in [-0.05, 0) is 93.0 Å². The van der Waals surface area contributed by atoms with E-state index >= 15 is 0 Å². The fourth-order valence-corrected chi connectivity index (χ4v) is 6.70. The number of hydrogen-bond acceptors (Lipinski definition) is 6. The average Bonchev–Trinajstić information content (AvgIpc) is 3.65. The summed E-state index contributed by atoms with van der Waals surface area (Å²) in [7, 11) is 2.00. The number of pyridine rings is 2. The highest BCUT2D eigenvalue weighted by atomic mass is 35.5. The largest absolute Gasteiger partial charge is 0.478 e. The number of nitrogens with one attached hydrogen (secondary N) is 2. The summed E-state index contributed by atoms with van der Waals surface area (Å²) in [5, 5.41) is 16.5. The maximum atomic E-state index is 13.7. The van der Waals surface area contributed by atoms with Gasteiger partial charge < -0.3 is 25.0 Å². The predicted octanol–water partition coefficient (Wildman–Crippen LogP) is 6.73. The van der Waals surface area contributed by atoms with Gasteiger partial charge in [0.2, 0.25) is 5.88 Å². The van der Waals surface area contributed by atoms with Crippen LogP contribution in [0.1, 0.15) is 79.3 Å². The van der Waals surface area contributed by atoms with E-state index in [1.165, 1.54) is 24.5 Å². The van der Waals surface area contributed by atoms with Crippen LogP contribution >= 0.6 is 11.6 Å². The molecular weight excluding hydrogens is 606 g/mol. The normalized spacial score (nSPS) is 16.0. The van der Waals surface area contributed by atoms with Gasteiger partial charge in [0.25, 0.3) is 11.8 Å². The van der Waals surface area contributed by atoms with Gasteiger partial charge in [-0.15, -0.1) is 0 Å². The molecule has 0 saturated heterocycles. The van der Waals surface area contributed by atoms with Crippen molar-refractivity contribution in [3.05, 3.63) is 76.5 Å². The molecule has 3 aromatic heterocycles. The molecule has 238 valence electrons. The number of aromatic nitrogens is 3. The quantitative estimate of drug-likeness (QED) is 0.163. The Balaban J connectivity index is 1.26. The van der Waals surface area contributed by atoms with E-state index in [1.54, 1.807) is 25.3 Å². The van der Waals surface area contributed by atoms with Crippen LogP contribution in [0.4, 0.5) is 5.82 Å². The van der Waals surface area contributed by atoms with Crippen LogP contribution in [-0.2, 0) is 16.6 Å². The van der Waals surface area contributed by atoms with Crippen LogP contribution in [0.5, 0.6) is 5.88 Å². The van der Waals surface area contributed by atoms with Crippen LogP contribution in [0.2, 0.25) is 5.02 Å². The number of aliphatic carboxylic acids is 1. The highest BCUT2D eigenvalue weighted by Gasteiger charge is 2.46. The molecule has 3 N–H and O–H groups in total. The summed E-state index contributed by atoms with van der Waals surface area (Å²) in [6.07, 6.45) is 10.4. The monoisotopic (exact) mass is 641 g/mol.